The van der Waals surface area contributed by atoms with Gasteiger partial charge in [0.05, 0.1) is 10.0 Å². The first-order valence-electron chi connectivity index (χ1n) is 8.26. The highest BCUT2D eigenvalue weighted by atomic mass is 35.5. The molecule has 0 fully saturated rings. The number of halogens is 2. The lowest BCUT2D eigenvalue weighted by molar-refractivity contribution is -0.118. The molecule has 8 nitrogen and oxygen atoms in total. The fourth-order valence-electron chi connectivity index (χ4n) is 2.04. The minimum Gasteiger partial charge on any atom is -0.444 e. The van der Waals surface area contributed by atoms with E-state index >= 15 is 0 Å². The lowest BCUT2D eigenvalue weighted by Crippen LogP contribution is -2.46. The average molecular weight is 419 g/mol. The molecule has 1 atom stereocenters. The van der Waals surface area contributed by atoms with Crippen molar-refractivity contribution in [1.29, 1.82) is 0 Å². The van der Waals surface area contributed by atoms with Crippen molar-refractivity contribution in [3.63, 3.8) is 0 Å². The van der Waals surface area contributed by atoms with Crippen molar-refractivity contribution in [2.45, 2.75) is 45.3 Å². The van der Waals surface area contributed by atoms with Gasteiger partial charge >= 0.3 is 12.1 Å². The summed E-state index contributed by atoms with van der Waals surface area (Å²) in [6.07, 6.45) is -0.0510. The highest BCUT2D eigenvalue weighted by Crippen LogP contribution is 2.25. The summed E-state index contributed by atoms with van der Waals surface area (Å²) in [6.45, 7) is 5.42. The normalized spacial score (nSPS) is 12.0. The number of amides is 4. The second kappa shape index (κ2) is 10.2. The van der Waals surface area contributed by atoms with Gasteiger partial charge in [-0.05, 0) is 51.8 Å². The van der Waals surface area contributed by atoms with E-state index in [0.29, 0.717) is 17.1 Å². The van der Waals surface area contributed by atoms with Crippen LogP contribution in [0, 0.1) is 0 Å². The molecule has 27 heavy (non-hydrogen) atoms. The Labute approximate surface area is 168 Å². The number of rotatable bonds is 7. The molecule has 5 N–H and O–H groups in total. The first-order chi connectivity index (χ1) is 12.5. The molecule has 0 unspecified atom stereocenters. The van der Waals surface area contributed by atoms with E-state index in [0.717, 1.165) is 0 Å². The number of alkyl carbamates (subject to hydrolysis) is 1. The average Bonchev–Trinajstić information content (AvgIpc) is 2.51. The maximum absolute atomic E-state index is 12.6. The molecule has 1 rings (SSSR count). The van der Waals surface area contributed by atoms with Crippen LogP contribution in [0.3, 0.4) is 0 Å². The van der Waals surface area contributed by atoms with Crippen molar-refractivity contribution in [2.24, 2.45) is 5.73 Å². The second-order valence-corrected chi connectivity index (χ2v) is 7.56. The van der Waals surface area contributed by atoms with Crippen LogP contribution in [0.25, 0.3) is 0 Å². The summed E-state index contributed by atoms with van der Waals surface area (Å²) in [5.74, 6) is -0.460. The van der Waals surface area contributed by atoms with Gasteiger partial charge in [0.2, 0.25) is 5.91 Å². The van der Waals surface area contributed by atoms with Crippen LogP contribution in [0.2, 0.25) is 10.0 Å². The molecule has 0 spiro atoms. The molecule has 150 valence electrons. The van der Waals surface area contributed by atoms with Gasteiger partial charge in [-0.2, -0.15) is 0 Å². The van der Waals surface area contributed by atoms with Crippen LogP contribution in [-0.4, -0.2) is 36.2 Å². The molecule has 4 amide bonds. The standard InChI is InChI=1S/C17H24Cl2N4O4/c1-17(2,3)27-16(26)23-13(5-4-8-21-15(20)25)14(24)22-10-6-7-11(18)12(19)9-10/h6-7,9,13H,4-5,8H2,1-3H3,(H,22,24)(H,23,26)(H3,20,21,25)/t13-/m0/s1. The number of hydrogen-bond donors (Lipinski definition) is 4. The topological polar surface area (TPSA) is 123 Å². The molecule has 0 aromatic heterocycles. The van der Waals surface area contributed by atoms with Gasteiger partial charge < -0.3 is 26.4 Å². The summed E-state index contributed by atoms with van der Waals surface area (Å²) in [5, 5.41) is 8.27. The SMILES string of the molecule is CC(C)(C)OC(=O)N[C@@H](CCCNC(N)=O)C(=O)Nc1ccc(Cl)c(Cl)c1. The first-order valence-corrected chi connectivity index (χ1v) is 9.02. The Balaban J connectivity index is 2.77. The number of nitrogens with two attached hydrogens (primary N) is 1. The fourth-order valence-corrected chi connectivity index (χ4v) is 2.34. The van der Waals surface area contributed by atoms with Gasteiger partial charge in [0.25, 0.3) is 0 Å². The molecule has 1 aromatic rings. The molecule has 0 heterocycles. The number of carbonyl (C=O) groups is 3. The number of anilines is 1. The molecule has 0 radical (unpaired) electrons. The van der Waals surface area contributed by atoms with Crippen LogP contribution in [0.5, 0.6) is 0 Å². The molecule has 0 aliphatic rings. The van der Waals surface area contributed by atoms with E-state index in [1.807, 2.05) is 0 Å². The third kappa shape index (κ3) is 9.35. The molecule has 1 aromatic carbocycles. The van der Waals surface area contributed by atoms with E-state index < -0.39 is 29.7 Å². The van der Waals surface area contributed by atoms with Crippen molar-refractivity contribution in [1.82, 2.24) is 10.6 Å². The molecule has 0 bridgehead atoms. The first kappa shape index (κ1) is 22.9. The molecule has 10 heteroatoms. The highest BCUT2D eigenvalue weighted by Gasteiger charge is 2.24. The monoisotopic (exact) mass is 418 g/mol. The van der Waals surface area contributed by atoms with E-state index in [9.17, 15) is 14.4 Å². The van der Waals surface area contributed by atoms with Gasteiger partial charge in [-0.25, -0.2) is 9.59 Å². The summed E-state index contributed by atoms with van der Waals surface area (Å²) in [5.41, 5.74) is 4.73. The molecular weight excluding hydrogens is 395 g/mol. The van der Waals surface area contributed by atoms with Crippen molar-refractivity contribution < 1.29 is 19.1 Å². The zero-order valence-electron chi connectivity index (χ0n) is 15.4. The third-order valence-corrected chi connectivity index (χ3v) is 3.90. The Morgan fingerprint density at radius 2 is 1.85 bits per heavy atom. The van der Waals surface area contributed by atoms with E-state index in [4.69, 9.17) is 33.7 Å². The van der Waals surface area contributed by atoms with E-state index in [1.54, 1.807) is 32.9 Å². The number of carbonyl (C=O) groups excluding carboxylic acids is 3. The van der Waals surface area contributed by atoms with Gasteiger partial charge in [-0.3, -0.25) is 4.79 Å². The molecule has 0 aliphatic heterocycles. The van der Waals surface area contributed by atoms with Gasteiger partial charge in [0.15, 0.2) is 0 Å². The summed E-state index contributed by atoms with van der Waals surface area (Å²) in [4.78, 5) is 35.3. The number of ether oxygens (including phenoxy) is 1. The summed E-state index contributed by atoms with van der Waals surface area (Å²) in [6, 6.07) is 3.09. The fraction of sp³-hybridized carbons (Fsp3) is 0.471. The van der Waals surface area contributed by atoms with Crippen molar-refractivity contribution in [2.75, 3.05) is 11.9 Å². The maximum atomic E-state index is 12.6. The Morgan fingerprint density at radius 1 is 1.19 bits per heavy atom. The minimum atomic E-state index is -0.885. The largest absolute Gasteiger partial charge is 0.444 e. The number of nitrogens with one attached hydrogen (secondary N) is 3. The highest BCUT2D eigenvalue weighted by molar-refractivity contribution is 6.42. The van der Waals surface area contributed by atoms with E-state index in [2.05, 4.69) is 16.0 Å². The van der Waals surface area contributed by atoms with Gasteiger partial charge in [-0.15, -0.1) is 0 Å². The van der Waals surface area contributed by atoms with Crippen molar-refractivity contribution in [3.05, 3.63) is 28.2 Å². The Bertz CT molecular complexity index is 692. The summed E-state index contributed by atoms with van der Waals surface area (Å²) < 4.78 is 5.19. The van der Waals surface area contributed by atoms with Crippen LogP contribution >= 0.6 is 23.2 Å². The predicted octanol–water partition coefficient (Wildman–Crippen LogP) is 3.27. The Hall–Kier alpha value is -2.19. The van der Waals surface area contributed by atoms with Gasteiger partial charge in [-0.1, -0.05) is 23.2 Å². The predicted molar refractivity (Wildman–Crippen MR) is 105 cm³/mol. The van der Waals surface area contributed by atoms with Crippen LogP contribution < -0.4 is 21.7 Å². The van der Waals surface area contributed by atoms with Gasteiger partial charge in [0, 0.05) is 12.2 Å². The zero-order valence-corrected chi connectivity index (χ0v) is 16.9. The quantitative estimate of drug-likeness (QED) is 0.507. The van der Waals surface area contributed by atoms with Crippen LogP contribution in [-0.2, 0) is 9.53 Å². The number of hydrogen-bond acceptors (Lipinski definition) is 4. The lowest BCUT2D eigenvalue weighted by Gasteiger charge is -2.23. The van der Waals surface area contributed by atoms with Gasteiger partial charge in [0.1, 0.15) is 11.6 Å². The van der Waals surface area contributed by atoms with Crippen LogP contribution in [0.4, 0.5) is 15.3 Å². The van der Waals surface area contributed by atoms with Crippen LogP contribution in [0.15, 0.2) is 18.2 Å². The number of benzene rings is 1. The number of primary amides is 1. The molecule has 0 saturated heterocycles. The second-order valence-electron chi connectivity index (χ2n) is 6.75. The van der Waals surface area contributed by atoms with Crippen molar-refractivity contribution in [3.8, 4) is 0 Å². The smallest absolute Gasteiger partial charge is 0.408 e. The zero-order chi connectivity index (χ0) is 20.6. The summed E-state index contributed by atoms with van der Waals surface area (Å²) in [7, 11) is 0. The minimum absolute atomic E-state index is 0.257. The third-order valence-electron chi connectivity index (χ3n) is 3.16. The van der Waals surface area contributed by atoms with E-state index in [1.165, 1.54) is 6.07 Å². The van der Waals surface area contributed by atoms with Crippen LogP contribution in [0.1, 0.15) is 33.6 Å². The van der Waals surface area contributed by atoms with E-state index in [-0.39, 0.29) is 18.0 Å². The molecular formula is C17H24Cl2N4O4. The summed E-state index contributed by atoms with van der Waals surface area (Å²) >= 11 is 11.8. The Morgan fingerprint density at radius 3 is 2.41 bits per heavy atom. The Kier molecular flexibility index (Phi) is 8.65. The molecule has 0 saturated carbocycles. The lowest BCUT2D eigenvalue weighted by atomic mass is 10.1. The molecule has 0 aliphatic carbocycles. The maximum Gasteiger partial charge on any atom is 0.408 e. The number of urea groups is 1. The van der Waals surface area contributed by atoms with Crippen molar-refractivity contribution >= 4 is 46.9 Å².